The number of ether oxygens (including phenoxy) is 1. The van der Waals surface area contributed by atoms with Crippen molar-refractivity contribution in [2.45, 2.75) is 6.61 Å². The molecule has 1 aromatic heterocycles. The van der Waals surface area contributed by atoms with Gasteiger partial charge in [0, 0.05) is 5.56 Å². The van der Waals surface area contributed by atoms with E-state index in [1.165, 1.54) is 10.7 Å². The molecule has 2 aromatic carbocycles. The Bertz CT molecular complexity index is 802. The molecule has 0 atom stereocenters. The van der Waals surface area contributed by atoms with E-state index in [0.29, 0.717) is 28.4 Å². The molecule has 0 bridgehead atoms. The van der Waals surface area contributed by atoms with Crippen LogP contribution in [0, 0.1) is 5.82 Å². The molecule has 0 radical (unpaired) electrons. The lowest BCUT2D eigenvalue weighted by molar-refractivity contribution is 0.277. The second-order valence-corrected chi connectivity index (χ2v) is 4.61. The molecule has 0 spiro atoms. The van der Waals surface area contributed by atoms with Gasteiger partial charge in [-0.25, -0.2) is 9.07 Å². The number of aliphatic hydroxyl groups is 1. The van der Waals surface area contributed by atoms with Crippen molar-refractivity contribution in [3.8, 4) is 22.7 Å². The fourth-order valence-corrected chi connectivity index (χ4v) is 2.32. The SMILES string of the molecule is COc1ccccc1-n1nnc(CO)c1-c1ccccc1F. The summed E-state index contributed by atoms with van der Waals surface area (Å²) in [7, 11) is 1.55. The lowest BCUT2D eigenvalue weighted by Crippen LogP contribution is -2.03. The minimum absolute atomic E-state index is 0.302. The normalized spacial score (nSPS) is 10.7. The Kier molecular flexibility index (Phi) is 3.84. The Hall–Kier alpha value is -2.73. The predicted molar refractivity (Wildman–Crippen MR) is 79.2 cm³/mol. The van der Waals surface area contributed by atoms with Gasteiger partial charge < -0.3 is 9.84 Å². The largest absolute Gasteiger partial charge is 0.494 e. The van der Waals surface area contributed by atoms with Gasteiger partial charge in [-0.3, -0.25) is 0 Å². The van der Waals surface area contributed by atoms with Crippen LogP contribution in [0.4, 0.5) is 4.39 Å². The summed E-state index contributed by atoms with van der Waals surface area (Å²) in [6.45, 7) is -0.335. The minimum Gasteiger partial charge on any atom is -0.494 e. The van der Waals surface area contributed by atoms with Crippen LogP contribution in [0.3, 0.4) is 0 Å². The fourth-order valence-electron chi connectivity index (χ4n) is 2.32. The molecule has 112 valence electrons. The first kappa shape index (κ1) is 14.2. The van der Waals surface area contributed by atoms with Gasteiger partial charge in [-0.15, -0.1) is 5.10 Å². The van der Waals surface area contributed by atoms with E-state index in [-0.39, 0.29) is 6.61 Å². The lowest BCUT2D eigenvalue weighted by atomic mass is 10.1. The molecule has 0 aliphatic heterocycles. The molecule has 0 saturated heterocycles. The third kappa shape index (κ3) is 2.33. The zero-order valence-corrected chi connectivity index (χ0v) is 11.9. The average molecular weight is 299 g/mol. The smallest absolute Gasteiger partial charge is 0.144 e. The number of benzene rings is 2. The molecule has 0 fully saturated rings. The average Bonchev–Trinajstić information content (AvgIpc) is 2.98. The number of aromatic nitrogens is 3. The monoisotopic (exact) mass is 299 g/mol. The Morgan fingerprint density at radius 2 is 1.86 bits per heavy atom. The molecular weight excluding hydrogens is 285 g/mol. The van der Waals surface area contributed by atoms with Gasteiger partial charge in [0.15, 0.2) is 0 Å². The highest BCUT2D eigenvalue weighted by Gasteiger charge is 2.20. The third-order valence-electron chi connectivity index (χ3n) is 3.33. The lowest BCUT2D eigenvalue weighted by Gasteiger charge is -2.11. The van der Waals surface area contributed by atoms with Gasteiger partial charge in [0.05, 0.1) is 13.7 Å². The van der Waals surface area contributed by atoms with Crippen LogP contribution in [0.2, 0.25) is 0 Å². The highest BCUT2D eigenvalue weighted by atomic mass is 19.1. The Labute approximate surface area is 126 Å². The number of aliphatic hydroxyl groups excluding tert-OH is 1. The zero-order valence-electron chi connectivity index (χ0n) is 11.9. The van der Waals surface area contributed by atoms with E-state index in [1.807, 2.05) is 12.1 Å². The van der Waals surface area contributed by atoms with Crippen LogP contribution in [0.5, 0.6) is 5.75 Å². The van der Waals surface area contributed by atoms with E-state index in [9.17, 15) is 9.50 Å². The molecule has 3 aromatic rings. The highest BCUT2D eigenvalue weighted by molar-refractivity contribution is 5.66. The first-order valence-electron chi connectivity index (χ1n) is 6.70. The molecule has 22 heavy (non-hydrogen) atoms. The number of rotatable bonds is 4. The highest BCUT2D eigenvalue weighted by Crippen LogP contribution is 2.30. The zero-order chi connectivity index (χ0) is 15.5. The maximum Gasteiger partial charge on any atom is 0.144 e. The predicted octanol–water partition coefficient (Wildman–Crippen LogP) is 2.57. The third-order valence-corrected chi connectivity index (χ3v) is 3.33. The number of para-hydroxylation sites is 2. The second kappa shape index (κ2) is 5.95. The summed E-state index contributed by atoms with van der Waals surface area (Å²) in [6, 6.07) is 13.5. The van der Waals surface area contributed by atoms with Crippen molar-refractivity contribution in [3.05, 3.63) is 60.0 Å². The number of halogens is 1. The van der Waals surface area contributed by atoms with E-state index >= 15 is 0 Å². The van der Waals surface area contributed by atoms with Crippen molar-refractivity contribution in [1.29, 1.82) is 0 Å². The number of nitrogens with zero attached hydrogens (tertiary/aromatic N) is 3. The van der Waals surface area contributed by atoms with Crippen LogP contribution >= 0.6 is 0 Å². The summed E-state index contributed by atoms with van der Waals surface area (Å²) in [5, 5.41) is 17.5. The van der Waals surface area contributed by atoms with E-state index in [2.05, 4.69) is 10.3 Å². The molecular formula is C16H14FN3O2. The Morgan fingerprint density at radius 3 is 2.59 bits per heavy atom. The quantitative estimate of drug-likeness (QED) is 0.804. The molecule has 0 aliphatic rings. The van der Waals surface area contributed by atoms with Gasteiger partial charge in [0.1, 0.15) is 28.6 Å². The van der Waals surface area contributed by atoms with E-state index < -0.39 is 5.82 Å². The van der Waals surface area contributed by atoms with Crippen LogP contribution in [-0.4, -0.2) is 27.2 Å². The number of hydrogen-bond acceptors (Lipinski definition) is 4. The Balaban J connectivity index is 2.27. The van der Waals surface area contributed by atoms with Gasteiger partial charge in [-0.2, -0.15) is 0 Å². The van der Waals surface area contributed by atoms with Gasteiger partial charge in [-0.05, 0) is 24.3 Å². The van der Waals surface area contributed by atoms with Crippen LogP contribution in [0.25, 0.3) is 16.9 Å². The summed E-state index contributed by atoms with van der Waals surface area (Å²) in [5.74, 6) is 0.171. The summed E-state index contributed by atoms with van der Waals surface area (Å²) >= 11 is 0. The summed E-state index contributed by atoms with van der Waals surface area (Å²) in [5.41, 5.74) is 1.65. The van der Waals surface area contributed by atoms with Crippen LogP contribution in [-0.2, 0) is 6.61 Å². The molecule has 1 heterocycles. The number of hydrogen-bond donors (Lipinski definition) is 1. The summed E-state index contributed by atoms with van der Waals surface area (Å²) in [4.78, 5) is 0. The van der Waals surface area contributed by atoms with Crippen molar-refractivity contribution in [1.82, 2.24) is 15.0 Å². The maximum atomic E-state index is 14.2. The van der Waals surface area contributed by atoms with Crippen molar-refractivity contribution < 1.29 is 14.2 Å². The summed E-state index contributed by atoms with van der Waals surface area (Å²) in [6.07, 6.45) is 0. The first-order valence-corrected chi connectivity index (χ1v) is 6.70. The van der Waals surface area contributed by atoms with Crippen molar-refractivity contribution in [2.24, 2.45) is 0 Å². The van der Waals surface area contributed by atoms with Crippen molar-refractivity contribution in [2.75, 3.05) is 7.11 Å². The topological polar surface area (TPSA) is 60.2 Å². The Morgan fingerprint density at radius 1 is 1.14 bits per heavy atom. The van der Waals surface area contributed by atoms with Crippen molar-refractivity contribution >= 4 is 0 Å². The van der Waals surface area contributed by atoms with Crippen LogP contribution in [0.1, 0.15) is 5.69 Å². The molecule has 0 aliphatic carbocycles. The van der Waals surface area contributed by atoms with Gasteiger partial charge in [0.2, 0.25) is 0 Å². The van der Waals surface area contributed by atoms with Crippen LogP contribution in [0.15, 0.2) is 48.5 Å². The van der Waals surface area contributed by atoms with Crippen molar-refractivity contribution in [3.63, 3.8) is 0 Å². The van der Waals surface area contributed by atoms with Gasteiger partial charge in [-0.1, -0.05) is 29.5 Å². The van der Waals surface area contributed by atoms with Gasteiger partial charge in [0.25, 0.3) is 0 Å². The number of methoxy groups -OCH3 is 1. The molecule has 0 unspecified atom stereocenters. The molecule has 0 saturated carbocycles. The van der Waals surface area contributed by atoms with E-state index in [1.54, 1.807) is 37.4 Å². The van der Waals surface area contributed by atoms with Crippen LogP contribution < -0.4 is 4.74 Å². The molecule has 1 N–H and O–H groups in total. The molecule has 5 nitrogen and oxygen atoms in total. The molecule has 6 heteroatoms. The van der Waals surface area contributed by atoms with Gasteiger partial charge >= 0.3 is 0 Å². The standard InChI is InChI=1S/C16H14FN3O2/c1-22-15-9-5-4-8-14(15)20-16(13(10-21)18-19-20)11-6-2-3-7-12(11)17/h2-9,21H,10H2,1H3. The molecule has 0 amide bonds. The molecule has 3 rings (SSSR count). The van der Waals surface area contributed by atoms with E-state index in [0.717, 1.165) is 0 Å². The fraction of sp³-hybridized carbons (Fsp3) is 0.125. The first-order chi connectivity index (χ1) is 10.8. The minimum atomic E-state index is -0.407. The maximum absolute atomic E-state index is 14.2. The van der Waals surface area contributed by atoms with E-state index in [4.69, 9.17) is 4.74 Å². The summed E-state index contributed by atoms with van der Waals surface area (Å²) < 4.78 is 21.0. The second-order valence-electron chi connectivity index (χ2n) is 4.61.